The molecule has 0 unspecified atom stereocenters. The zero-order valence-electron chi connectivity index (χ0n) is 16.9. The maximum absolute atomic E-state index is 13.7. The summed E-state index contributed by atoms with van der Waals surface area (Å²) in [5.41, 5.74) is 7.14. The molecule has 3 heterocycles. The number of hydrogen-bond acceptors (Lipinski definition) is 2. The molecule has 0 atom stereocenters. The molecule has 0 fully saturated rings. The van der Waals surface area contributed by atoms with Crippen molar-refractivity contribution in [2.45, 2.75) is 6.42 Å². The van der Waals surface area contributed by atoms with Crippen LogP contribution in [0.25, 0.3) is 33.6 Å². The Morgan fingerprint density at radius 3 is 2.13 bits per heavy atom. The largest absolute Gasteiger partial charge is 0.315 e. The minimum atomic E-state index is -0.283. The highest BCUT2D eigenvalue weighted by molar-refractivity contribution is 5.92. The van der Waals surface area contributed by atoms with E-state index in [1.54, 1.807) is 36.7 Å². The maximum atomic E-state index is 13.7. The molecule has 1 N–H and O–H groups in total. The van der Waals surface area contributed by atoms with Crippen LogP contribution in [0.15, 0.2) is 85.3 Å². The highest BCUT2D eigenvalue weighted by atomic mass is 19.1. The molecule has 5 heteroatoms. The Labute approximate surface area is 179 Å². The van der Waals surface area contributed by atoms with E-state index in [9.17, 15) is 8.78 Å². The maximum Gasteiger partial charge on any atom is 0.123 e. The number of nitrogens with zero attached hydrogens (tertiary/aromatic N) is 2. The summed E-state index contributed by atoms with van der Waals surface area (Å²) in [6.45, 7) is 1.73. The molecule has 154 valence electrons. The highest BCUT2D eigenvalue weighted by Crippen LogP contribution is 2.42. The molecule has 1 aliphatic heterocycles. The number of nitrogens with one attached hydrogen (secondary N) is 1. The van der Waals surface area contributed by atoms with Gasteiger partial charge in [-0.15, -0.1) is 0 Å². The van der Waals surface area contributed by atoms with Crippen LogP contribution >= 0.6 is 0 Å². The predicted octanol–water partition coefficient (Wildman–Crippen LogP) is 5.86. The van der Waals surface area contributed by atoms with Gasteiger partial charge in [-0.1, -0.05) is 6.08 Å². The molecule has 5 rings (SSSR count). The molecule has 0 spiro atoms. The lowest BCUT2D eigenvalue weighted by Gasteiger charge is -2.16. The van der Waals surface area contributed by atoms with E-state index in [1.165, 1.54) is 29.8 Å². The molecular formula is C26H21F2N3. The molecule has 0 radical (unpaired) electrons. The minimum Gasteiger partial charge on any atom is -0.315 e. The van der Waals surface area contributed by atoms with Crippen molar-refractivity contribution in [3.8, 4) is 28.1 Å². The summed E-state index contributed by atoms with van der Waals surface area (Å²) in [4.78, 5) is 4.18. The molecule has 2 aromatic carbocycles. The van der Waals surface area contributed by atoms with E-state index >= 15 is 0 Å². The molecule has 31 heavy (non-hydrogen) atoms. The van der Waals surface area contributed by atoms with Gasteiger partial charge in [-0.2, -0.15) is 0 Å². The van der Waals surface area contributed by atoms with Crippen molar-refractivity contribution in [1.82, 2.24) is 14.9 Å². The fraction of sp³-hybridized carbons (Fsp3) is 0.115. The van der Waals surface area contributed by atoms with Crippen LogP contribution in [-0.2, 0) is 0 Å². The lowest BCUT2D eigenvalue weighted by Crippen LogP contribution is -2.20. The van der Waals surface area contributed by atoms with Crippen LogP contribution in [-0.4, -0.2) is 22.6 Å². The van der Waals surface area contributed by atoms with Crippen molar-refractivity contribution in [3.63, 3.8) is 0 Å². The lowest BCUT2D eigenvalue weighted by atomic mass is 9.92. The standard InChI is InChI=1S/C26H21F2N3/c27-21-3-1-20(2-4-21)26-25(19-11-15-30-16-12-19)24(18-9-13-29-14-10-18)17-31(26)23-7-5-22(28)6-8-23/h1-9,11-12,15-17,29H,10,13-14H2. The Hall–Kier alpha value is -3.57. The number of aromatic nitrogens is 2. The van der Waals surface area contributed by atoms with Gasteiger partial charge in [-0.3, -0.25) is 4.98 Å². The van der Waals surface area contributed by atoms with Crippen molar-refractivity contribution in [2.75, 3.05) is 13.1 Å². The molecule has 0 saturated heterocycles. The van der Waals surface area contributed by atoms with Gasteiger partial charge in [0.15, 0.2) is 0 Å². The Bertz CT molecular complexity index is 1220. The highest BCUT2D eigenvalue weighted by Gasteiger charge is 2.23. The quantitative estimate of drug-likeness (QED) is 0.454. The Balaban J connectivity index is 1.83. The third-order valence-corrected chi connectivity index (χ3v) is 5.61. The average Bonchev–Trinajstić information content (AvgIpc) is 3.22. The zero-order valence-corrected chi connectivity index (χ0v) is 16.9. The van der Waals surface area contributed by atoms with Crippen LogP contribution in [0.4, 0.5) is 8.78 Å². The van der Waals surface area contributed by atoms with Crippen LogP contribution in [0.1, 0.15) is 12.0 Å². The van der Waals surface area contributed by atoms with Gasteiger partial charge < -0.3 is 9.88 Å². The van der Waals surface area contributed by atoms with Crippen LogP contribution in [0.5, 0.6) is 0 Å². The molecule has 0 amide bonds. The summed E-state index contributed by atoms with van der Waals surface area (Å²) in [5.74, 6) is -0.565. The second-order valence-corrected chi connectivity index (χ2v) is 7.54. The van der Waals surface area contributed by atoms with Crippen molar-refractivity contribution < 1.29 is 8.78 Å². The van der Waals surface area contributed by atoms with Gasteiger partial charge >= 0.3 is 0 Å². The first kappa shape index (κ1) is 19.4. The van der Waals surface area contributed by atoms with Gasteiger partial charge in [0.1, 0.15) is 11.6 Å². The topological polar surface area (TPSA) is 29.9 Å². The second-order valence-electron chi connectivity index (χ2n) is 7.54. The van der Waals surface area contributed by atoms with Gasteiger partial charge in [-0.25, -0.2) is 8.78 Å². The van der Waals surface area contributed by atoms with E-state index in [-0.39, 0.29) is 11.6 Å². The van der Waals surface area contributed by atoms with Gasteiger partial charge in [0.05, 0.1) is 5.69 Å². The molecule has 0 bridgehead atoms. The first-order valence-corrected chi connectivity index (χ1v) is 10.3. The number of rotatable bonds is 4. The second kappa shape index (κ2) is 8.28. The van der Waals surface area contributed by atoms with Crippen LogP contribution in [0.3, 0.4) is 0 Å². The van der Waals surface area contributed by atoms with E-state index < -0.39 is 0 Å². The predicted molar refractivity (Wildman–Crippen MR) is 120 cm³/mol. The van der Waals surface area contributed by atoms with E-state index in [2.05, 4.69) is 27.1 Å². The third-order valence-electron chi connectivity index (χ3n) is 5.61. The normalized spacial score (nSPS) is 13.8. The van der Waals surface area contributed by atoms with E-state index in [0.29, 0.717) is 0 Å². The first-order chi connectivity index (χ1) is 15.2. The molecule has 2 aromatic heterocycles. The fourth-order valence-corrected chi connectivity index (χ4v) is 4.12. The summed E-state index contributed by atoms with van der Waals surface area (Å²) in [5, 5.41) is 3.36. The Kier molecular flexibility index (Phi) is 5.18. The first-order valence-electron chi connectivity index (χ1n) is 10.3. The fourth-order valence-electron chi connectivity index (χ4n) is 4.12. The molecule has 3 nitrogen and oxygen atoms in total. The van der Waals surface area contributed by atoms with Gasteiger partial charge in [0, 0.05) is 41.9 Å². The summed E-state index contributed by atoms with van der Waals surface area (Å²) < 4.78 is 29.4. The van der Waals surface area contributed by atoms with Gasteiger partial charge in [0.2, 0.25) is 0 Å². The lowest BCUT2D eigenvalue weighted by molar-refractivity contribution is 0.627. The van der Waals surface area contributed by atoms with Crippen molar-refractivity contribution in [1.29, 1.82) is 0 Å². The van der Waals surface area contributed by atoms with E-state index in [4.69, 9.17) is 0 Å². The summed E-state index contributed by atoms with van der Waals surface area (Å²) in [6.07, 6.45) is 8.79. The molecule has 0 saturated carbocycles. The van der Waals surface area contributed by atoms with Crippen molar-refractivity contribution in [2.24, 2.45) is 0 Å². The summed E-state index contributed by atoms with van der Waals surface area (Å²) >= 11 is 0. The third kappa shape index (κ3) is 3.80. The Morgan fingerprint density at radius 2 is 1.48 bits per heavy atom. The van der Waals surface area contributed by atoms with Crippen LogP contribution < -0.4 is 5.32 Å². The van der Waals surface area contributed by atoms with Gasteiger partial charge in [0.25, 0.3) is 0 Å². The van der Waals surface area contributed by atoms with Crippen LogP contribution in [0.2, 0.25) is 0 Å². The Morgan fingerprint density at radius 1 is 0.806 bits per heavy atom. The molecule has 0 aliphatic carbocycles. The van der Waals surface area contributed by atoms with Crippen LogP contribution in [0, 0.1) is 11.6 Å². The van der Waals surface area contributed by atoms with Gasteiger partial charge in [-0.05, 0) is 90.3 Å². The van der Waals surface area contributed by atoms with E-state index in [0.717, 1.165) is 53.1 Å². The number of hydrogen-bond donors (Lipinski definition) is 1. The monoisotopic (exact) mass is 413 g/mol. The zero-order chi connectivity index (χ0) is 21.2. The summed E-state index contributed by atoms with van der Waals surface area (Å²) in [7, 11) is 0. The van der Waals surface area contributed by atoms with E-state index in [1.807, 2.05) is 12.1 Å². The number of benzene rings is 2. The minimum absolute atomic E-state index is 0.282. The molecular weight excluding hydrogens is 392 g/mol. The number of halogens is 2. The van der Waals surface area contributed by atoms with Crippen molar-refractivity contribution >= 4 is 5.57 Å². The molecule has 1 aliphatic rings. The molecule has 4 aromatic rings. The summed E-state index contributed by atoms with van der Waals surface area (Å²) in [6, 6.07) is 16.9. The SMILES string of the molecule is Fc1ccc(-c2c(-c3ccncc3)c(C3=CCNCC3)cn2-c2ccc(F)cc2)cc1. The number of pyridine rings is 1. The van der Waals surface area contributed by atoms with Crippen molar-refractivity contribution in [3.05, 3.63) is 103 Å². The average molecular weight is 413 g/mol. The smallest absolute Gasteiger partial charge is 0.123 e.